The van der Waals surface area contributed by atoms with Crippen LogP contribution in [0.3, 0.4) is 0 Å². The van der Waals surface area contributed by atoms with Gasteiger partial charge in [-0.25, -0.2) is 0 Å². The minimum atomic E-state index is 0. The van der Waals surface area contributed by atoms with Gasteiger partial charge < -0.3 is 24.8 Å². The first-order chi connectivity index (χ1) is 11.2. The summed E-state index contributed by atoms with van der Waals surface area (Å²) in [5.41, 5.74) is 0.980. The molecule has 1 heterocycles. The zero-order valence-electron chi connectivity index (χ0n) is 14.5. The van der Waals surface area contributed by atoms with E-state index >= 15 is 0 Å². The molecule has 24 heavy (non-hydrogen) atoms. The van der Waals surface area contributed by atoms with Crippen LogP contribution in [0.15, 0.2) is 12.1 Å². The predicted molar refractivity (Wildman–Crippen MR) is 95.7 cm³/mol. The van der Waals surface area contributed by atoms with Gasteiger partial charge in [0.1, 0.15) is 0 Å². The number of hydrogen-bond acceptors (Lipinski definition) is 5. The maximum absolute atomic E-state index is 12.0. The Bertz CT molecular complexity index is 508. The van der Waals surface area contributed by atoms with Crippen molar-refractivity contribution in [3.05, 3.63) is 17.7 Å². The number of ether oxygens (including phenoxy) is 3. The molecular weight excluding hydrogens is 332 g/mol. The van der Waals surface area contributed by atoms with Gasteiger partial charge in [-0.2, -0.15) is 0 Å². The summed E-state index contributed by atoms with van der Waals surface area (Å²) in [5, 5.41) is 6.35. The third kappa shape index (κ3) is 5.46. The van der Waals surface area contributed by atoms with Gasteiger partial charge in [0.15, 0.2) is 11.5 Å². The summed E-state index contributed by atoms with van der Waals surface area (Å²) in [5.74, 6) is 1.85. The number of carbonyl (C=O) groups excluding carboxylic acids is 1. The van der Waals surface area contributed by atoms with Crippen molar-refractivity contribution in [2.75, 3.05) is 34.4 Å². The summed E-state index contributed by atoms with van der Waals surface area (Å²) in [4.78, 5) is 12.0. The molecule has 1 aromatic rings. The number of benzene rings is 1. The summed E-state index contributed by atoms with van der Waals surface area (Å²) in [6, 6.07) is 4.18. The Hall–Kier alpha value is -1.66. The van der Waals surface area contributed by atoms with E-state index in [0.29, 0.717) is 42.7 Å². The van der Waals surface area contributed by atoms with E-state index in [1.54, 1.807) is 21.3 Å². The van der Waals surface area contributed by atoms with Crippen LogP contribution in [0.5, 0.6) is 17.2 Å². The van der Waals surface area contributed by atoms with Gasteiger partial charge in [-0.05, 0) is 43.5 Å². The van der Waals surface area contributed by atoms with Crippen molar-refractivity contribution in [3.63, 3.8) is 0 Å². The molecule has 6 nitrogen and oxygen atoms in total. The third-order valence-electron chi connectivity index (χ3n) is 4.07. The summed E-state index contributed by atoms with van der Waals surface area (Å²) < 4.78 is 16.0. The van der Waals surface area contributed by atoms with E-state index in [2.05, 4.69) is 10.6 Å². The Kier molecular flexibility index (Phi) is 8.71. The lowest BCUT2D eigenvalue weighted by molar-refractivity contribution is -0.121. The smallest absolute Gasteiger partial charge is 0.220 e. The molecule has 136 valence electrons. The van der Waals surface area contributed by atoms with Gasteiger partial charge in [0.05, 0.1) is 21.3 Å². The number of hydrogen-bond donors (Lipinski definition) is 2. The Morgan fingerprint density at radius 2 is 1.88 bits per heavy atom. The maximum atomic E-state index is 12.0. The van der Waals surface area contributed by atoms with Crippen molar-refractivity contribution < 1.29 is 19.0 Å². The first-order valence-electron chi connectivity index (χ1n) is 7.97. The maximum Gasteiger partial charge on any atom is 0.220 e. The molecule has 1 atom stereocenters. The van der Waals surface area contributed by atoms with Gasteiger partial charge in [-0.1, -0.05) is 0 Å². The first-order valence-corrected chi connectivity index (χ1v) is 7.97. The molecule has 1 aromatic carbocycles. The van der Waals surface area contributed by atoms with Crippen LogP contribution >= 0.6 is 12.4 Å². The highest BCUT2D eigenvalue weighted by Gasteiger charge is 2.16. The number of carbonyl (C=O) groups is 1. The summed E-state index contributed by atoms with van der Waals surface area (Å²) in [6.07, 6.45) is 3.38. The molecule has 1 saturated heterocycles. The molecule has 0 saturated carbocycles. The molecule has 0 spiro atoms. The van der Waals surface area contributed by atoms with Crippen LogP contribution < -0.4 is 24.8 Å². The molecule has 1 fully saturated rings. The molecule has 0 aromatic heterocycles. The number of rotatable bonds is 8. The van der Waals surface area contributed by atoms with Crippen LogP contribution in [0, 0.1) is 0 Å². The summed E-state index contributed by atoms with van der Waals surface area (Å²) in [6.45, 7) is 1.75. The molecule has 1 aliphatic rings. The highest BCUT2D eigenvalue weighted by Crippen LogP contribution is 2.38. The van der Waals surface area contributed by atoms with Crippen molar-refractivity contribution in [3.8, 4) is 17.2 Å². The zero-order chi connectivity index (χ0) is 16.7. The van der Waals surface area contributed by atoms with E-state index < -0.39 is 0 Å². The number of nitrogens with one attached hydrogen (secondary N) is 2. The SMILES string of the molecule is COc1cc(CCC(=O)NCC2CCCN2)cc(OC)c1OC.Cl. The highest BCUT2D eigenvalue weighted by atomic mass is 35.5. The van der Waals surface area contributed by atoms with Crippen molar-refractivity contribution in [2.45, 2.75) is 31.7 Å². The highest BCUT2D eigenvalue weighted by molar-refractivity contribution is 5.85. The Labute approximate surface area is 149 Å². The fourth-order valence-corrected chi connectivity index (χ4v) is 2.79. The van der Waals surface area contributed by atoms with Gasteiger partial charge in [-0.15, -0.1) is 12.4 Å². The average Bonchev–Trinajstić information content (AvgIpc) is 3.10. The molecule has 2 rings (SSSR count). The zero-order valence-corrected chi connectivity index (χ0v) is 15.3. The number of methoxy groups -OCH3 is 3. The fourth-order valence-electron chi connectivity index (χ4n) is 2.79. The Balaban J connectivity index is 0.00000288. The predicted octanol–water partition coefficient (Wildman–Crippen LogP) is 1.94. The minimum absolute atomic E-state index is 0. The molecule has 1 aliphatic heterocycles. The molecule has 7 heteroatoms. The van der Waals surface area contributed by atoms with Crippen molar-refractivity contribution in [2.24, 2.45) is 0 Å². The summed E-state index contributed by atoms with van der Waals surface area (Å²) >= 11 is 0. The first kappa shape index (κ1) is 20.4. The average molecular weight is 359 g/mol. The lowest BCUT2D eigenvalue weighted by Crippen LogP contribution is -2.37. The summed E-state index contributed by atoms with van der Waals surface area (Å²) in [7, 11) is 4.75. The van der Waals surface area contributed by atoms with Crippen molar-refractivity contribution >= 4 is 18.3 Å². The third-order valence-corrected chi connectivity index (χ3v) is 4.07. The van der Waals surface area contributed by atoms with Crippen molar-refractivity contribution in [1.29, 1.82) is 0 Å². The molecule has 0 aliphatic carbocycles. The van der Waals surface area contributed by atoms with Crippen LogP contribution in [0.1, 0.15) is 24.8 Å². The fraction of sp³-hybridized carbons (Fsp3) is 0.588. The molecule has 0 bridgehead atoms. The van der Waals surface area contributed by atoms with E-state index in [4.69, 9.17) is 14.2 Å². The standard InChI is InChI=1S/C17H26N2O4.ClH/c1-21-14-9-12(10-15(22-2)17(14)23-3)6-7-16(20)19-11-13-5-4-8-18-13;/h9-10,13,18H,4-8,11H2,1-3H3,(H,19,20);1H. The van der Waals surface area contributed by atoms with Gasteiger partial charge in [-0.3, -0.25) is 4.79 Å². The lowest BCUT2D eigenvalue weighted by Gasteiger charge is -2.14. The molecular formula is C17H27ClN2O4. The van der Waals surface area contributed by atoms with Crippen LogP contribution in [0.25, 0.3) is 0 Å². The van der Waals surface area contributed by atoms with E-state index in [9.17, 15) is 4.79 Å². The number of amides is 1. The van der Waals surface area contributed by atoms with Crippen LogP contribution in [-0.2, 0) is 11.2 Å². The lowest BCUT2D eigenvalue weighted by atomic mass is 10.1. The normalized spacial score (nSPS) is 16.2. The molecule has 2 N–H and O–H groups in total. The second-order valence-electron chi connectivity index (χ2n) is 5.63. The topological polar surface area (TPSA) is 68.8 Å². The van der Waals surface area contributed by atoms with Gasteiger partial charge in [0.2, 0.25) is 11.7 Å². The van der Waals surface area contributed by atoms with Crippen LogP contribution in [0.2, 0.25) is 0 Å². The second kappa shape index (κ2) is 10.3. The Morgan fingerprint density at radius 1 is 1.21 bits per heavy atom. The largest absolute Gasteiger partial charge is 0.493 e. The molecule has 1 unspecified atom stereocenters. The van der Waals surface area contributed by atoms with Gasteiger partial charge in [0.25, 0.3) is 0 Å². The molecule has 1 amide bonds. The van der Waals surface area contributed by atoms with Crippen LogP contribution in [0.4, 0.5) is 0 Å². The Morgan fingerprint density at radius 3 is 2.38 bits per heavy atom. The van der Waals surface area contributed by atoms with Gasteiger partial charge in [0, 0.05) is 19.0 Å². The molecule has 0 radical (unpaired) electrons. The quantitative estimate of drug-likeness (QED) is 0.743. The van der Waals surface area contributed by atoms with E-state index in [-0.39, 0.29) is 18.3 Å². The minimum Gasteiger partial charge on any atom is -0.493 e. The van der Waals surface area contributed by atoms with Gasteiger partial charge >= 0.3 is 0 Å². The van der Waals surface area contributed by atoms with Crippen LogP contribution in [-0.4, -0.2) is 46.4 Å². The van der Waals surface area contributed by atoms with Crippen molar-refractivity contribution in [1.82, 2.24) is 10.6 Å². The van der Waals surface area contributed by atoms with E-state index in [1.165, 1.54) is 6.42 Å². The number of aryl methyl sites for hydroxylation is 1. The van der Waals surface area contributed by atoms with E-state index in [0.717, 1.165) is 18.5 Å². The number of halogens is 1. The second-order valence-corrected chi connectivity index (χ2v) is 5.63. The van der Waals surface area contributed by atoms with E-state index in [1.807, 2.05) is 12.1 Å². The monoisotopic (exact) mass is 358 g/mol.